The summed E-state index contributed by atoms with van der Waals surface area (Å²) in [7, 11) is 0. The Kier molecular flexibility index (Phi) is 10.9. The molecule has 0 aliphatic carbocycles. The summed E-state index contributed by atoms with van der Waals surface area (Å²) in [6.45, 7) is 4.51. The van der Waals surface area contributed by atoms with Crippen LogP contribution in [-0.4, -0.2) is 53.5 Å². The molecule has 188 valence electrons. The minimum atomic E-state index is -1.20. The Bertz CT molecular complexity index is 982. The molecule has 0 fully saturated rings. The molecule has 9 nitrogen and oxygen atoms in total. The van der Waals surface area contributed by atoms with E-state index in [4.69, 9.17) is 0 Å². The first-order valence-corrected chi connectivity index (χ1v) is 11.6. The fourth-order valence-electron chi connectivity index (χ4n) is 3.45. The Balaban J connectivity index is 2.12. The van der Waals surface area contributed by atoms with Gasteiger partial charge in [0.2, 0.25) is 23.6 Å². The molecule has 2 aromatic carbocycles. The van der Waals surface area contributed by atoms with Gasteiger partial charge in [0.25, 0.3) is 0 Å². The second kappa shape index (κ2) is 13.9. The van der Waals surface area contributed by atoms with Crippen molar-refractivity contribution < 1.29 is 24.3 Å². The summed E-state index contributed by atoms with van der Waals surface area (Å²) in [5.74, 6) is -2.26. The summed E-state index contributed by atoms with van der Waals surface area (Å²) in [5.41, 5.74) is 1.67. The zero-order valence-corrected chi connectivity index (χ0v) is 20.3. The molecule has 9 heteroatoms. The van der Waals surface area contributed by atoms with Gasteiger partial charge in [-0.2, -0.15) is 0 Å². The number of hydrogen-bond acceptors (Lipinski definition) is 5. The number of amides is 4. The molecule has 0 spiro atoms. The van der Waals surface area contributed by atoms with E-state index in [1.807, 2.05) is 60.7 Å². The first-order valence-electron chi connectivity index (χ1n) is 11.6. The van der Waals surface area contributed by atoms with Crippen LogP contribution in [0.2, 0.25) is 0 Å². The Morgan fingerprint density at radius 2 is 1.29 bits per heavy atom. The summed E-state index contributed by atoms with van der Waals surface area (Å²) in [6, 6.07) is 15.3. The number of aliphatic hydroxyl groups excluding tert-OH is 1. The van der Waals surface area contributed by atoms with E-state index in [0.29, 0.717) is 0 Å². The van der Waals surface area contributed by atoms with Crippen molar-refractivity contribution in [3.05, 3.63) is 71.8 Å². The topological polar surface area (TPSA) is 137 Å². The van der Waals surface area contributed by atoms with Gasteiger partial charge in [0.05, 0.1) is 6.61 Å². The van der Waals surface area contributed by atoms with E-state index in [-0.39, 0.29) is 24.8 Å². The van der Waals surface area contributed by atoms with Crippen molar-refractivity contribution in [1.29, 1.82) is 0 Å². The molecule has 0 aliphatic heterocycles. The van der Waals surface area contributed by atoms with E-state index >= 15 is 0 Å². The molecule has 0 saturated heterocycles. The largest absolute Gasteiger partial charge is 0.394 e. The fraction of sp³-hybridized carbons (Fsp3) is 0.385. The van der Waals surface area contributed by atoms with Crippen LogP contribution in [-0.2, 0) is 32.1 Å². The Hall–Kier alpha value is -3.72. The number of aliphatic hydroxyl groups is 1. The molecule has 35 heavy (non-hydrogen) atoms. The fourth-order valence-corrected chi connectivity index (χ4v) is 3.45. The number of rotatable bonds is 12. The highest BCUT2D eigenvalue weighted by Crippen LogP contribution is 2.07. The van der Waals surface area contributed by atoms with E-state index in [1.165, 1.54) is 6.92 Å². The smallest absolute Gasteiger partial charge is 0.245 e. The monoisotopic (exact) mass is 482 g/mol. The summed E-state index contributed by atoms with van der Waals surface area (Å²) in [5, 5.41) is 20.3. The summed E-state index contributed by atoms with van der Waals surface area (Å²) in [4.78, 5) is 50.2. The van der Waals surface area contributed by atoms with Gasteiger partial charge in [-0.15, -0.1) is 0 Å². The zero-order valence-electron chi connectivity index (χ0n) is 20.3. The lowest BCUT2D eigenvalue weighted by Crippen LogP contribution is -2.58. The van der Waals surface area contributed by atoms with E-state index < -0.39 is 42.5 Å². The van der Waals surface area contributed by atoms with Crippen LogP contribution < -0.4 is 21.3 Å². The van der Waals surface area contributed by atoms with Crippen LogP contribution in [0.15, 0.2) is 60.7 Å². The minimum absolute atomic E-state index is 0.160. The molecular formula is C26H34N4O5. The first-order chi connectivity index (χ1) is 16.7. The van der Waals surface area contributed by atoms with Crippen molar-refractivity contribution in [2.75, 3.05) is 6.61 Å². The van der Waals surface area contributed by atoms with Gasteiger partial charge in [-0.25, -0.2) is 0 Å². The highest BCUT2D eigenvalue weighted by Gasteiger charge is 2.30. The van der Waals surface area contributed by atoms with Crippen LogP contribution in [0.3, 0.4) is 0 Å². The Morgan fingerprint density at radius 3 is 1.80 bits per heavy atom. The average molecular weight is 483 g/mol. The van der Waals surface area contributed by atoms with Crippen LogP contribution >= 0.6 is 0 Å². The maximum Gasteiger partial charge on any atom is 0.245 e. The quantitative estimate of drug-likeness (QED) is 0.303. The summed E-state index contributed by atoms with van der Waals surface area (Å²) >= 11 is 0. The van der Waals surface area contributed by atoms with E-state index in [9.17, 15) is 24.3 Å². The van der Waals surface area contributed by atoms with Crippen molar-refractivity contribution in [2.45, 2.75) is 51.9 Å². The Labute approximate surface area is 205 Å². The normalized spacial score (nSPS) is 13.3. The molecule has 3 atom stereocenters. The predicted molar refractivity (Wildman–Crippen MR) is 132 cm³/mol. The third kappa shape index (κ3) is 9.21. The lowest BCUT2D eigenvalue weighted by atomic mass is 10.0. The highest BCUT2D eigenvalue weighted by atomic mass is 16.3. The van der Waals surface area contributed by atoms with Crippen molar-refractivity contribution in [1.82, 2.24) is 21.3 Å². The van der Waals surface area contributed by atoms with Gasteiger partial charge in [-0.05, 0) is 17.0 Å². The van der Waals surface area contributed by atoms with Crippen LogP contribution in [0.4, 0.5) is 0 Å². The molecule has 0 unspecified atom stereocenters. The minimum Gasteiger partial charge on any atom is -0.394 e. The molecule has 2 rings (SSSR count). The highest BCUT2D eigenvalue weighted by molar-refractivity contribution is 5.94. The van der Waals surface area contributed by atoms with Gasteiger partial charge < -0.3 is 26.4 Å². The second-order valence-electron chi connectivity index (χ2n) is 8.62. The summed E-state index contributed by atoms with van der Waals surface area (Å²) < 4.78 is 0. The van der Waals surface area contributed by atoms with Crippen LogP contribution in [0.1, 0.15) is 31.9 Å². The average Bonchev–Trinajstić information content (AvgIpc) is 2.84. The zero-order chi connectivity index (χ0) is 25.8. The molecular weight excluding hydrogens is 448 g/mol. The lowest BCUT2D eigenvalue weighted by Gasteiger charge is -2.26. The Morgan fingerprint density at radius 1 is 0.743 bits per heavy atom. The second-order valence-corrected chi connectivity index (χ2v) is 8.62. The number of carbonyl (C=O) groups is 4. The number of benzene rings is 2. The molecule has 0 aliphatic rings. The maximum atomic E-state index is 13.1. The molecule has 0 radical (unpaired) electrons. The van der Waals surface area contributed by atoms with E-state index in [1.54, 1.807) is 13.8 Å². The van der Waals surface area contributed by atoms with Gasteiger partial charge in [0.1, 0.15) is 18.1 Å². The molecule has 0 heterocycles. The molecule has 4 amide bonds. The molecule has 2 aromatic rings. The third-order valence-electron chi connectivity index (χ3n) is 5.35. The molecule has 0 saturated carbocycles. The van der Waals surface area contributed by atoms with Crippen LogP contribution in [0.25, 0.3) is 0 Å². The van der Waals surface area contributed by atoms with E-state index in [0.717, 1.165) is 11.1 Å². The number of carbonyl (C=O) groups excluding carboxylic acids is 4. The van der Waals surface area contributed by atoms with Gasteiger partial charge in [-0.1, -0.05) is 74.5 Å². The standard InChI is InChI=1S/C26H34N4O5/c1-17(2)23(28-18(3)32)26(35)29-21(14-19-10-6-4-7-11-19)25(34)30-22(16-31)24(33)27-15-20-12-8-5-9-13-20/h4-13,17,21-23,31H,14-16H2,1-3H3,(H,27,33)(H,28,32)(H,29,35)(H,30,34)/t21-,22+,23-/m0/s1. The van der Waals surface area contributed by atoms with Crippen molar-refractivity contribution >= 4 is 23.6 Å². The lowest BCUT2D eigenvalue weighted by molar-refractivity contribution is -0.134. The predicted octanol–water partition coefficient (Wildman–Crippen LogP) is 0.668. The number of hydrogen-bond donors (Lipinski definition) is 5. The molecule has 0 aromatic heterocycles. The van der Waals surface area contributed by atoms with Gasteiger partial charge >= 0.3 is 0 Å². The molecule has 0 bridgehead atoms. The van der Waals surface area contributed by atoms with Crippen molar-refractivity contribution in [2.24, 2.45) is 5.92 Å². The number of nitrogens with one attached hydrogen (secondary N) is 4. The van der Waals surface area contributed by atoms with Gasteiger partial charge in [-0.3, -0.25) is 19.2 Å². The molecule has 5 N–H and O–H groups in total. The van der Waals surface area contributed by atoms with Crippen molar-refractivity contribution in [3.63, 3.8) is 0 Å². The third-order valence-corrected chi connectivity index (χ3v) is 5.35. The summed E-state index contributed by atoms with van der Waals surface area (Å²) in [6.07, 6.45) is 0.160. The van der Waals surface area contributed by atoms with Crippen LogP contribution in [0.5, 0.6) is 0 Å². The van der Waals surface area contributed by atoms with Crippen molar-refractivity contribution in [3.8, 4) is 0 Å². The van der Waals surface area contributed by atoms with E-state index in [2.05, 4.69) is 21.3 Å². The van der Waals surface area contributed by atoms with Gasteiger partial charge in [0.15, 0.2) is 0 Å². The maximum absolute atomic E-state index is 13.1. The first kappa shape index (κ1) is 27.5. The van der Waals surface area contributed by atoms with Gasteiger partial charge in [0, 0.05) is 19.9 Å². The SMILES string of the molecule is CC(=O)N[C@H](C(=O)N[C@@H](Cc1ccccc1)C(=O)N[C@H](CO)C(=O)NCc1ccccc1)C(C)C. The van der Waals surface area contributed by atoms with Crippen LogP contribution in [0, 0.1) is 5.92 Å².